The van der Waals surface area contributed by atoms with Crippen LogP contribution >= 0.6 is 15.9 Å². The van der Waals surface area contributed by atoms with Gasteiger partial charge in [0, 0.05) is 37.3 Å². The number of carbonyl (C=O) groups is 1. The normalized spacial score (nSPS) is 14.9. The Kier molecular flexibility index (Phi) is 6.65. The molecule has 1 heterocycles. The number of piperidine rings is 1. The van der Waals surface area contributed by atoms with E-state index in [-0.39, 0.29) is 10.8 Å². The van der Waals surface area contributed by atoms with Crippen LogP contribution in [-0.2, 0) is 10.0 Å². The van der Waals surface area contributed by atoms with Crippen molar-refractivity contribution in [3.63, 3.8) is 0 Å². The summed E-state index contributed by atoms with van der Waals surface area (Å²) in [6.07, 6.45) is 3.28. The Bertz CT molecular complexity index is 1020. The summed E-state index contributed by atoms with van der Waals surface area (Å²) in [7, 11) is -0.675. The fraction of sp³-hybridized carbons (Fsp3) is 0.381. The van der Waals surface area contributed by atoms with Gasteiger partial charge in [-0.1, -0.05) is 6.07 Å². The summed E-state index contributed by atoms with van der Waals surface area (Å²) in [5.74, 6) is -0.328. The molecule has 0 radical (unpaired) electrons. The van der Waals surface area contributed by atoms with Crippen LogP contribution in [0.3, 0.4) is 0 Å². The molecule has 6 nitrogen and oxygen atoms in total. The second kappa shape index (κ2) is 8.85. The van der Waals surface area contributed by atoms with E-state index in [9.17, 15) is 13.2 Å². The quantitative estimate of drug-likeness (QED) is 0.695. The zero-order valence-corrected chi connectivity index (χ0v) is 19.3. The van der Waals surface area contributed by atoms with Crippen molar-refractivity contribution >= 4 is 43.2 Å². The van der Waals surface area contributed by atoms with E-state index >= 15 is 0 Å². The van der Waals surface area contributed by atoms with Crippen molar-refractivity contribution in [2.24, 2.45) is 0 Å². The highest BCUT2D eigenvalue weighted by atomic mass is 79.9. The summed E-state index contributed by atoms with van der Waals surface area (Å²) in [6.45, 7) is 3.68. The first-order valence-corrected chi connectivity index (χ1v) is 11.8. The largest absolute Gasteiger partial charge is 0.371 e. The molecular formula is C21H26BrN3O3S. The molecule has 0 atom stereocenters. The van der Waals surface area contributed by atoms with Gasteiger partial charge in [-0.2, -0.15) is 0 Å². The number of nitrogens with one attached hydrogen (secondary N) is 1. The molecule has 0 spiro atoms. The average Bonchev–Trinajstić information content (AvgIpc) is 2.70. The van der Waals surface area contributed by atoms with E-state index in [0.717, 1.165) is 46.0 Å². The second-order valence-electron chi connectivity index (χ2n) is 7.45. The van der Waals surface area contributed by atoms with Gasteiger partial charge in [-0.3, -0.25) is 4.79 Å². The van der Waals surface area contributed by atoms with Gasteiger partial charge in [-0.05, 0) is 78.0 Å². The Morgan fingerprint density at radius 3 is 2.38 bits per heavy atom. The van der Waals surface area contributed by atoms with Gasteiger partial charge in [0.05, 0.1) is 16.1 Å². The van der Waals surface area contributed by atoms with E-state index in [1.807, 2.05) is 25.1 Å². The summed E-state index contributed by atoms with van der Waals surface area (Å²) >= 11 is 3.48. The van der Waals surface area contributed by atoms with Gasteiger partial charge < -0.3 is 10.2 Å². The molecule has 0 aromatic heterocycles. The van der Waals surface area contributed by atoms with Gasteiger partial charge in [0.2, 0.25) is 10.0 Å². The monoisotopic (exact) mass is 479 g/mol. The van der Waals surface area contributed by atoms with Crippen LogP contribution in [0.2, 0.25) is 0 Å². The fourth-order valence-electron chi connectivity index (χ4n) is 3.39. The molecule has 0 saturated carbocycles. The third kappa shape index (κ3) is 4.82. The van der Waals surface area contributed by atoms with E-state index in [1.165, 1.54) is 26.6 Å². The van der Waals surface area contributed by atoms with E-state index in [2.05, 4.69) is 26.1 Å². The molecule has 1 N–H and O–H groups in total. The highest BCUT2D eigenvalue weighted by molar-refractivity contribution is 9.10. The third-order valence-electron chi connectivity index (χ3n) is 5.06. The Balaban J connectivity index is 2.03. The lowest BCUT2D eigenvalue weighted by molar-refractivity contribution is 0.102. The first kappa shape index (κ1) is 21.8. The lowest BCUT2D eigenvalue weighted by Crippen LogP contribution is -2.32. The lowest BCUT2D eigenvalue weighted by atomic mass is 10.1. The maximum Gasteiger partial charge on any atom is 0.257 e. The van der Waals surface area contributed by atoms with Crippen LogP contribution in [0.4, 0.5) is 11.4 Å². The van der Waals surface area contributed by atoms with Crippen molar-refractivity contribution in [2.45, 2.75) is 31.1 Å². The van der Waals surface area contributed by atoms with Gasteiger partial charge in [-0.15, -0.1) is 0 Å². The highest BCUT2D eigenvalue weighted by Gasteiger charge is 2.24. The number of sulfonamides is 1. The van der Waals surface area contributed by atoms with E-state index in [0.29, 0.717) is 11.3 Å². The van der Waals surface area contributed by atoms with Crippen molar-refractivity contribution in [2.75, 3.05) is 37.4 Å². The van der Waals surface area contributed by atoms with E-state index in [4.69, 9.17) is 0 Å². The standard InChI is InChI=1S/C21H26BrN3O3S/c1-15-7-9-19(18(22)13-15)23-21(26)17-14-16(29(27,28)24(2)3)8-10-20(17)25-11-5-4-6-12-25/h7-10,13-14H,4-6,11-12H2,1-3H3,(H,23,26). The van der Waals surface area contributed by atoms with Crippen LogP contribution in [0.1, 0.15) is 35.2 Å². The summed E-state index contributed by atoms with van der Waals surface area (Å²) in [5, 5.41) is 2.92. The minimum absolute atomic E-state index is 0.108. The minimum atomic E-state index is -3.64. The number of amides is 1. The predicted molar refractivity (Wildman–Crippen MR) is 120 cm³/mol. The maximum absolute atomic E-state index is 13.2. The average molecular weight is 480 g/mol. The maximum atomic E-state index is 13.2. The van der Waals surface area contributed by atoms with Crippen LogP contribution in [0, 0.1) is 6.92 Å². The van der Waals surface area contributed by atoms with Gasteiger partial charge in [-0.25, -0.2) is 12.7 Å². The molecule has 1 aliphatic heterocycles. The molecule has 1 saturated heterocycles. The van der Waals surface area contributed by atoms with Crippen LogP contribution in [-0.4, -0.2) is 45.8 Å². The molecule has 2 aromatic rings. The molecule has 156 valence electrons. The molecule has 29 heavy (non-hydrogen) atoms. The van der Waals surface area contributed by atoms with Crippen LogP contribution in [0.25, 0.3) is 0 Å². The first-order valence-electron chi connectivity index (χ1n) is 9.59. The van der Waals surface area contributed by atoms with Crippen molar-refractivity contribution in [3.05, 3.63) is 52.0 Å². The number of anilines is 2. The molecule has 0 bridgehead atoms. The van der Waals surface area contributed by atoms with Crippen molar-refractivity contribution in [3.8, 4) is 0 Å². The molecule has 0 aliphatic carbocycles. The fourth-order valence-corrected chi connectivity index (χ4v) is 4.91. The Morgan fingerprint density at radius 2 is 1.76 bits per heavy atom. The number of hydrogen-bond donors (Lipinski definition) is 1. The summed E-state index contributed by atoms with van der Waals surface area (Å²) in [5.41, 5.74) is 2.85. The van der Waals surface area contributed by atoms with E-state index in [1.54, 1.807) is 12.1 Å². The molecule has 8 heteroatoms. The Hall–Kier alpha value is -1.90. The van der Waals surface area contributed by atoms with Gasteiger partial charge in [0.1, 0.15) is 0 Å². The zero-order valence-electron chi connectivity index (χ0n) is 16.9. The van der Waals surface area contributed by atoms with Crippen LogP contribution in [0.15, 0.2) is 45.8 Å². The number of rotatable bonds is 5. The SMILES string of the molecule is Cc1ccc(NC(=O)c2cc(S(=O)(=O)N(C)C)ccc2N2CCCCC2)c(Br)c1. The van der Waals surface area contributed by atoms with Crippen molar-refractivity contribution in [1.82, 2.24) is 4.31 Å². The minimum Gasteiger partial charge on any atom is -0.371 e. The Labute approximate surface area is 181 Å². The zero-order chi connectivity index (χ0) is 21.2. The molecule has 1 fully saturated rings. The molecule has 0 unspecified atom stereocenters. The third-order valence-corrected chi connectivity index (χ3v) is 7.53. The van der Waals surface area contributed by atoms with Crippen LogP contribution in [0.5, 0.6) is 0 Å². The van der Waals surface area contributed by atoms with E-state index < -0.39 is 10.0 Å². The molecular weight excluding hydrogens is 454 g/mol. The summed E-state index contributed by atoms with van der Waals surface area (Å²) < 4.78 is 27.2. The van der Waals surface area contributed by atoms with Gasteiger partial charge in [0.25, 0.3) is 5.91 Å². The van der Waals surface area contributed by atoms with Gasteiger partial charge in [0.15, 0.2) is 0 Å². The molecule has 1 amide bonds. The number of aryl methyl sites for hydroxylation is 1. The Morgan fingerprint density at radius 1 is 1.07 bits per heavy atom. The topological polar surface area (TPSA) is 69.7 Å². The predicted octanol–water partition coefficient (Wildman–Crippen LogP) is 4.25. The van der Waals surface area contributed by atoms with Crippen molar-refractivity contribution < 1.29 is 13.2 Å². The van der Waals surface area contributed by atoms with Crippen molar-refractivity contribution in [1.29, 1.82) is 0 Å². The summed E-state index contributed by atoms with van der Waals surface area (Å²) in [6, 6.07) is 10.5. The van der Waals surface area contributed by atoms with Gasteiger partial charge >= 0.3 is 0 Å². The number of nitrogens with zero attached hydrogens (tertiary/aromatic N) is 2. The van der Waals surface area contributed by atoms with Crippen LogP contribution < -0.4 is 10.2 Å². The molecule has 1 aliphatic rings. The summed E-state index contributed by atoms with van der Waals surface area (Å²) in [4.78, 5) is 15.5. The first-order chi connectivity index (χ1) is 13.7. The lowest BCUT2D eigenvalue weighted by Gasteiger charge is -2.30. The number of carbonyl (C=O) groups excluding carboxylic acids is 1. The second-order valence-corrected chi connectivity index (χ2v) is 10.5. The smallest absolute Gasteiger partial charge is 0.257 e. The number of halogens is 1. The highest BCUT2D eigenvalue weighted by Crippen LogP contribution is 2.30. The number of hydrogen-bond acceptors (Lipinski definition) is 4. The molecule has 3 rings (SSSR count). The number of benzene rings is 2. The molecule has 2 aromatic carbocycles.